The van der Waals surface area contributed by atoms with Crippen molar-refractivity contribution in [2.75, 3.05) is 20.2 Å². The molecule has 2 atom stereocenters. The van der Waals surface area contributed by atoms with Crippen molar-refractivity contribution in [3.8, 4) is 0 Å². The zero-order valence-corrected chi connectivity index (χ0v) is 10.2. The maximum Gasteiger partial charge on any atom is 0.227 e. The number of hydrogen-bond acceptors (Lipinski definition) is 3. The second kappa shape index (κ2) is 4.72. The highest BCUT2D eigenvalue weighted by molar-refractivity contribution is 5.79. The van der Waals surface area contributed by atoms with Gasteiger partial charge in [0, 0.05) is 19.6 Å². The highest BCUT2D eigenvalue weighted by atomic mass is 16.5. The average molecular weight is 226 g/mol. The maximum atomic E-state index is 12.1. The number of rotatable bonds is 3. The maximum absolute atomic E-state index is 12.1. The summed E-state index contributed by atoms with van der Waals surface area (Å²) in [5.74, 6) is 0.933. The monoisotopic (exact) mass is 226 g/mol. The molecule has 1 saturated heterocycles. The summed E-state index contributed by atoms with van der Waals surface area (Å²) in [6, 6.07) is 0.364. The van der Waals surface area contributed by atoms with Crippen LogP contribution in [0.3, 0.4) is 0 Å². The van der Waals surface area contributed by atoms with E-state index in [0.717, 1.165) is 25.8 Å². The van der Waals surface area contributed by atoms with Gasteiger partial charge in [-0.2, -0.15) is 0 Å². The van der Waals surface area contributed by atoms with Crippen LogP contribution in [0.2, 0.25) is 0 Å². The first kappa shape index (κ1) is 11.9. The van der Waals surface area contributed by atoms with Gasteiger partial charge in [0.05, 0.1) is 18.6 Å². The molecule has 1 aliphatic heterocycles. The number of hydrogen-bond donors (Lipinski definition) is 1. The first-order valence-electron chi connectivity index (χ1n) is 6.18. The number of ether oxygens (including phenoxy) is 1. The van der Waals surface area contributed by atoms with Gasteiger partial charge in [0.15, 0.2) is 0 Å². The van der Waals surface area contributed by atoms with Gasteiger partial charge in [-0.3, -0.25) is 4.79 Å². The summed E-state index contributed by atoms with van der Waals surface area (Å²) in [5.41, 5.74) is 5.74. The zero-order valence-electron chi connectivity index (χ0n) is 10.2. The SMILES string of the molecule is CC1CC(C(=O)N(C)CC2CC(N)C2)CO1. The number of carbonyl (C=O) groups excluding carboxylic acids is 1. The Hall–Kier alpha value is -0.610. The van der Waals surface area contributed by atoms with Crippen LogP contribution < -0.4 is 5.73 Å². The fraction of sp³-hybridized carbons (Fsp3) is 0.917. The summed E-state index contributed by atoms with van der Waals surface area (Å²) >= 11 is 0. The fourth-order valence-electron chi connectivity index (χ4n) is 2.71. The molecule has 2 aliphatic rings. The molecule has 1 amide bonds. The molecule has 0 spiro atoms. The van der Waals surface area contributed by atoms with E-state index in [4.69, 9.17) is 10.5 Å². The predicted octanol–water partition coefficient (Wildman–Crippen LogP) is 0.607. The molecule has 1 saturated carbocycles. The summed E-state index contributed by atoms with van der Waals surface area (Å²) in [4.78, 5) is 13.9. The van der Waals surface area contributed by atoms with E-state index >= 15 is 0 Å². The highest BCUT2D eigenvalue weighted by Gasteiger charge is 2.33. The minimum absolute atomic E-state index is 0.0775. The molecular formula is C12H22N2O2. The van der Waals surface area contributed by atoms with Gasteiger partial charge in [-0.05, 0) is 32.1 Å². The largest absolute Gasteiger partial charge is 0.378 e. The average Bonchev–Trinajstić information content (AvgIpc) is 2.61. The van der Waals surface area contributed by atoms with Crippen LogP contribution in [0.25, 0.3) is 0 Å². The smallest absolute Gasteiger partial charge is 0.227 e. The van der Waals surface area contributed by atoms with Gasteiger partial charge < -0.3 is 15.4 Å². The predicted molar refractivity (Wildman–Crippen MR) is 61.9 cm³/mol. The molecule has 0 aromatic heterocycles. The Morgan fingerprint density at radius 2 is 2.12 bits per heavy atom. The summed E-state index contributed by atoms with van der Waals surface area (Å²) in [7, 11) is 1.90. The molecule has 1 heterocycles. The molecule has 0 aromatic rings. The molecule has 1 aliphatic carbocycles. The number of carbonyl (C=O) groups is 1. The van der Waals surface area contributed by atoms with Gasteiger partial charge in [-0.25, -0.2) is 0 Å². The highest BCUT2D eigenvalue weighted by Crippen LogP contribution is 2.27. The van der Waals surface area contributed by atoms with Gasteiger partial charge in [-0.1, -0.05) is 0 Å². The third kappa shape index (κ3) is 2.55. The normalized spacial score (nSPS) is 38.2. The van der Waals surface area contributed by atoms with Crippen molar-refractivity contribution >= 4 is 5.91 Å². The Labute approximate surface area is 97.1 Å². The van der Waals surface area contributed by atoms with Crippen LogP contribution in [-0.2, 0) is 9.53 Å². The van der Waals surface area contributed by atoms with Crippen LogP contribution in [0.15, 0.2) is 0 Å². The fourth-order valence-corrected chi connectivity index (χ4v) is 2.71. The van der Waals surface area contributed by atoms with Crippen LogP contribution in [0.5, 0.6) is 0 Å². The van der Waals surface area contributed by atoms with E-state index in [1.165, 1.54) is 0 Å². The van der Waals surface area contributed by atoms with Crippen LogP contribution in [0.4, 0.5) is 0 Å². The van der Waals surface area contributed by atoms with E-state index in [1.807, 2.05) is 18.9 Å². The van der Waals surface area contributed by atoms with Crippen LogP contribution >= 0.6 is 0 Å². The molecule has 2 unspecified atom stereocenters. The van der Waals surface area contributed by atoms with Crippen molar-refractivity contribution in [1.29, 1.82) is 0 Å². The lowest BCUT2D eigenvalue weighted by atomic mass is 9.80. The lowest BCUT2D eigenvalue weighted by molar-refractivity contribution is -0.135. The minimum atomic E-state index is 0.0775. The molecule has 2 rings (SSSR count). The standard InChI is InChI=1S/C12H22N2O2/c1-8-3-10(7-16-8)12(15)14(2)6-9-4-11(13)5-9/h8-11H,3-7,13H2,1-2H3. The van der Waals surface area contributed by atoms with Gasteiger partial charge in [0.25, 0.3) is 0 Å². The first-order chi connectivity index (χ1) is 7.56. The Bertz CT molecular complexity index is 264. The third-order valence-corrected chi connectivity index (χ3v) is 3.73. The summed E-state index contributed by atoms with van der Waals surface area (Å²) < 4.78 is 5.43. The quantitative estimate of drug-likeness (QED) is 0.767. The molecule has 0 radical (unpaired) electrons. The molecule has 4 heteroatoms. The van der Waals surface area contributed by atoms with E-state index in [1.54, 1.807) is 0 Å². The second-order valence-corrected chi connectivity index (χ2v) is 5.39. The van der Waals surface area contributed by atoms with Gasteiger partial charge in [-0.15, -0.1) is 0 Å². The molecule has 16 heavy (non-hydrogen) atoms. The van der Waals surface area contributed by atoms with E-state index in [-0.39, 0.29) is 17.9 Å². The van der Waals surface area contributed by atoms with Crippen molar-refractivity contribution < 1.29 is 9.53 Å². The van der Waals surface area contributed by atoms with Crippen molar-refractivity contribution in [1.82, 2.24) is 4.90 Å². The summed E-state index contributed by atoms with van der Waals surface area (Å²) in [6.45, 7) is 3.48. The molecule has 2 fully saturated rings. The zero-order chi connectivity index (χ0) is 11.7. The van der Waals surface area contributed by atoms with E-state index in [2.05, 4.69) is 0 Å². The van der Waals surface area contributed by atoms with Crippen molar-refractivity contribution in [3.63, 3.8) is 0 Å². The molecular weight excluding hydrogens is 204 g/mol. The molecule has 0 aromatic carbocycles. The number of nitrogens with two attached hydrogens (primary N) is 1. The van der Waals surface area contributed by atoms with Crippen molar-refractivity contribution in [2.24, 2.45) is 17.6 Å². The van der Waals surface area contributed by atoms with Crippen molar-refractivity contribution in [3.05, 3.63) is 0 Å². The van der Waals surface area contributed by atoms with Crippen LogP contribution in [0.1, 0.15) is 26.2 Å². The first-order valence-corrected chi connectivity index (χ1v) is 6.18. The Kier molecular flexibility index (Phi) is 3.50. The number of amides is 1. The lowest BCUT2D eigenvalue weighted by Gasteiger charge is -2.35. The summed E-state index contributed by atoms with van der Waals surface area (Å²) in [6.07, 6.45) is 3.23. The van der Waals surface area contributed by atoms with Gasteiger partial charge in [0.2, 0.25) is 5.91 Å². The molecule has 0 bridgehead atoms. The van der Waals surface area contributed by atoms with Gasteiger partial charge in [0.1, 0.15) is 0 Å². The van der Waals surface area contributed by atoms with E-state index < -0.39 is 0 Å². The van der Waals surface area contributed by atoms with Crippen LogP contribution in [-0.4, -0.2) is 43.2 Å². The molecule has 4 nitrogen and oxygen atoms in total. The second-order valence-electron chi connectivity index (χ2n) is 5.39. The van der Waals surface area contributed by atoms with Crippen LogP contribution in [0, 0.1) is 11.8 Å². The van der Waals surface area contributed by atoms with Gasteiger partial charge >= 0.3 is 0 Å². The molecule has 2 N–H and O–H groups in total. The topological polar surface area (TPSA) is 55.6 Å². The van der Waals surface area contributed by atoms with E-state index in [0.29, 0.717) is 18.6 Å². The summed E-state index contributed by atoms with van der Waals surface area (Å²) in [5, 5.41) is 0. The minimum Gasteiger partial charge on any atom is -0.378 e. The van der Waals surface area contributed by atoms with Crippen molar-refractivity contribution in [2.45, 2.75) is 38.3 Å². The Morgan fingerprint density at radius 1 is 1.44 bits per heavy atom. The third-order valence-electron chi connectivity index (χ3n) is 3.73. The number of nitrogens with zero attached hydrogens (tertiary/aromatic N) is 1. The lowest BCUT2D eigenvalue weighted by Crippen LogP contribution is -2.44. The molecule has 92 valence electrons. The Morgan fingerprint density at radius 3 is 2.62 bits per heavy atom. The van der Waals surface area contributed by atoms with E-state index in [9.17, 15) is 4.79 Å². The Balaban J connectivity index is 1.76.